The topological polar surface area (TPSA) is 71.3 Å². The molecule has 0 unspecified atom stereocenters. The number of carbonyl (C=O) groups is 2. The zero-order valence-electron chi connectivity index (χ0n) is 14.4. The van der Waals surface area contributed by atoms with Crippen molar-refractivity contribution in [3.05, 3.63) is 89.4 Å². The largest absolute Gasteiger partial charge is 0.459 e. The lowest BCUT2D eigenvalue weighted by Crippen LogP contribution is -2.23. The Balaban J connectivity index is 1.61. The summed E-state index contributed by atoms with van der Waals surface area (Å²) in [6.07, 6.45) is -3.03. The smallest absolute Gasteiger partial charge is 0.416 e. The SMILES string of the molecule is O=C(NCc1ccc(C(F)(F)F)cc1)c1cccc(NC(=O)c2ccco2)c1. The summed E-state index contributed by atoms with van der Waals surface area (Å²) < 4.78 is 42.7. The van der Waals surface area contributed by atoms with Crippen LogP contribution in [0.3, 0.4) is 0 Å². The molecule has 0 spiro atoms. The monoisotopic (exact) mass is 388 g/mol. The zero-order chi connectivity index (χ0) is 20.1. The first kappa shape index (κ1) is 19.2. The second-order valence-electron chi connectivity index (χ2n) is 5.89. The average molecular weight is 388 g/mol. The third kappa shape index (κ3) is 4.79. The fourth-order valence-corrected chi connectivity index (χ4v) is 2.43. The van der Waals surface area contributed by atoms with Crippen LogP contribution in [0.4, 0.5) is 18.9 Å². The predicted octanol–water partition coefficient (Wildman–Crippen LogP) is 4.48. The first-order valence-corrected chi connectivity index (χ1v) is 8.22. The van der Waals surface area contributed by atoms with Crippen LogP contribution in [-0.4, -0.2) is 11.8 Å². The number of hydrogen-bond acceptors (Lipinski definition) is 3. The number of alkyl halides is 3. The molecule has 5 nitrogen and oxygen atoms in total. The molecule has 2 amide bonds. The molecule has 0 aliphatic rings. The van der Waals surface area contributed by atoms with Gasteiger partial charge in [0.1, 0.15) is 0 Å². The number of hydrogen-bond donors (Lipinski definition) is 2. The highest BCUT2D eigenvalue weighted by Gasteiger charge is 2.29. The van der Waals surface area contributed by atoms with Gasteiger partial charge in [0.25, 0.3) is 11.8 Å². The third-order valence-corrected chi connectivity index (χ3v) is 3.86. The Hall–Kier alpha value is -3.55. The van der Waals surface area contributed by atoms with Gasteiger partial charge in [-0.25, -0.2) is 0 Å². The van der Waals surface area contributed by atoms with Crippen LogP contribution in [0.15, 0.2) is 71.3 Å². The molecule has 0 fully saturated rings. The molecule has 0 saturated carbocycles. The summed E-state index contributed by atoms with van der Waals surface area (Å²) in [4.78, 5) is 24.3. The van der Waals surface area contributed by atoms with Gasteiger partial charge >= 0.3 is 6.18 Å². The van der Waals surface area contributed by atoms with Gasteiger partial charge in [-0.1, -0.05) is 18.2 Å². The predicted molar refractivity (Wildman–Crippen MR) is 95.7 cm³/mol. The van der Waals surface area contributed by atoms with Crippen LogP contribution in [0.2, 0.25) is 0 Å². The van der Waals surface area contributed by atoms with Crippen molar-refractivity contribution in [1.29, 1.82) is 0 Å². The molecule has 0 aliphatic heterocycles. The Kier molecular flexibility index (Phi) is 5.49. The molecule has 144 valence electrons. The molecule has 2 aromatic carbocycles. The maximum absolute atomic E-state index is 12.6. The van der Waals surface area contributed by atoms with Crippen LogP contribution in [0.25, 0.3) is 0 Å². The highest BCUT2D eigenvalue weighted by atomic mass is 19.4. The maximum atomic E-state index is 12.6. The van der Waals surface area contributed by atoms with Crippen molar-refractivity contribution in [3.8, 4) is 0 Å². The number of nitrogens with one attached hydrogen (secondary N) is 2. The first-order chi connectivity index (χ1) is 13.3. The van der Waals surface area contributed by atoms with Crippen molar-refractivity contribution in [3.63, 3.8) is 0 Å². The van der Waals surface area contributed by atoms with Crippen molar-refractivity contribution in [2.24, 2.45) is 0 Å². The van der Waals surface area contributed by atoms with Gasteiger partial charge in [0, 0.05) is 17.8 Å². The Labute approximate surface area is 158 Å². The number of carbonyl (C=O) groups excluding carboxylic acids is 2. The van der Waals surface area contributed by atoms with Crippen molar-refractivity contribution in [2.45, 2.75) is 12.7 Å². The van der Waals surface area contributed by atoms with Crippen LogP contribution in [-0.2, 0) is 12.7 Å². The van der Waals surface area contributed by atoms with E-state index < -0.39 is 23.6 Å². The lowest BCUT2D eigenvalue weighted by Gasteiger charge is -2.09. The molecule has 1 aromatic heterocycles. The molecule has 0 radical (unpaired) electrons. The summed E-state index contributed by atoms with van der Waals surface area (Å²) in [5.41, 5.74) is 0.485. The van der Waals surface area contributed by atoms with Crippen LogP contribution >= 0.6 is 0 Å². The van der Waals surface area contributed by atoms with Gasteiger partial charge in [-0.05, 0) is 48.0 Å². The molecule has 0 bridgehead atoms. The van der Waals surface area contributed by atoms with E-state index in [0.717, 1.165) is 12.1 Å². The summed E-state index contributed by atoms with van der Waals surface area (Å²) in [6, 6.07) is 13.9. The number of amides is 2. The summed E-state index contributed by atoms with van der Waals surface area (Å²) in [5.74, 6) is -0.738. The molecule has 0 aliphatic carbocycles. The van der Waals surface area contributed by atoms with E-state index in [4.69, 9.17) is 4.42 Å². The van der Waals surface area contributed by atoms with E-state index >= 15 is 0 Å². The van der Waals surface area contributed by atoms with Gasteiger partial charge in [-0.3, -0.25) is 9.59 Å². The van der Waals surface area contributed by atoms with Gasteiger partial charge in [0.05, 0.1) is 11.8 Å². The van der Waals surface area contributed by atoms with Crippen LogP contribution in [0, 0.1) is 0 Å². The Bertz CT molecular complexity index is 965. The van der Waals surface area contributed by atoms with E-state index in [-0.39, 0.29) is 12.3 Å². The van der Waals surface area contributed by atoms with Crippen molar-refractivity contribution < 1.29 is 27.2 Å². The number of furan rings is 1. The summed E-state index contributed by atoms with van der Waals surface area (Å²) in [5, 5.41) is 5.24. The second kappa shape index (κ2) is 7.99. The molecule has 2 N–H and O–H groups in total. The minimum Gasteiger partial charge on any atom is -0.459 e. The normalized spacial score (nSPS) is 11.1. The number of anilines is 1. The first-order valence-electron chi connectivity index (χ1n) is 8.22. The Morgan fingerprint density at radius 1 is 0.929 bits per heavy atom. The summed E-state index contributed by atoms with van der Waals surface area (Å²) >= 11 is 0. The highest BCUT2D eigenvalue weighted by Crippen LogP contribution is 2.29. The molecular formula is C20H15F3N2O3. The van der Waals surface area contributed by atoms with Gasteiger partial charge in [0.2, 0.25) is 0 Å². The maximum Gasteiger partial charge on any atom is 0.416 e. The van der Waals surface area contributed by atoms with Gasteiger partial charge < -0.3 is 15.1 Å². The van der Waals surface area contributed by atoms with E-state index in [9.17, 15) is 22.8 Å². The van der Waals surface area contributed by atoms with E-state index in [1.165, 1.54) is 30.5 Å². The van der Waals surface area contributed by atoms with Crippen LogP contribution in [0.1, 0.15) is 32.0 Å². The molecule has 3 aromatic rings. The molecule has 0 saturated heterocycles. The Morgan fingerprint density at radius 3 is 2.32 bits per heavy atom. The number of benzene rings is 2. The zero-order valence-corrected chi connectivity index (χ0v) is 14.4. The fourth-order valence-electron chi connectivity index (χ4n) is 2.43. The number of halogens is 3. The molecule has 8 heteroatoms. The molecule has 3 rings (SSSR count). The molecular weight excluding hydrogens is 373 g/mol. The number of rotatable bonds is 5. The lowest BCUT2D eigenvalue weighted by molar-refractivity contribution is -0.137. The van der Waals surface area contributed by atoms with Crippen LogP contribution < -0.4 is 10.6 Å². The van der Waals surface area contributed by atoms with E-state index in [2.05, 4.69) is 10.6 Å². The van der Waals surface area contributed by atoms with E-state index in [1.54, 1.807) is 24.3 Å². The Morgan fingerprint density at radius 2 is 1.68 bits per heavy atom. The molecule has 28 heavy (non-hydrogen) atoms. The third-order valence-electron chi connectivity index (χ3n) is 3.86. The standard InChI is InChI=1S/C20H15F3N2O3/c21-20(22,23)15-8-6-13(7-9-15)12-24-18(26)14-3-1-4-16(11-14)25-19(27)17-5-2-10-28-17/h1-11H,12H2,(H,24,26)(H,25,27). The highest BCUT2D eigenvalue weighted by molar-refractivity contribution is 6.03. The van der Waals surface area contributed by atoms with Crippen molar-refractivity contribution >= 4 is 17.5 Å². The van der Waals surface area contributed by atoms with Crippen LogP contribution in [0.5, 0.6) is 0 Å². The second-order valence-corrected chi connectivity index (χ2v) is 5.89. The minimum atomic E-state index is -4.40. The summed E-state index contributed by atoms with van der Waals surface area (Å²) in [7, 11) is 0. The van der Waals surface area contributed by atoms with E-state index in [1.807, 2.05) is 0 Å². The van der Waals surface area contributed by atoms with Crippen molar-refractivity contribution in [1.82, 2.24) is 5.32 Å². The van der Waals surface area contributed by atoms with Gasteiger partial charge in [0.15, 0.2) is 5.76 Å². The van der Waals surface area contributed by atoms with Gasteiger partial charge in [-0.15, -0.1) is 0 Å². The lowest BCUT2D eigenvalue weighted by atomic mass is 10.1. The average Bonchev–Trinajstić information content (AvgIpc) is 3.21. The minimum absolute atomic E-state index is 0.0694. The van der Waals surface area contributed by atoms with E-state index in [0.29, 0.717) is 16.8 Å². The molecule has 1 heterocycles. The fraction of sp³-hybridized carbons (Fsp3) is 0.100. The van der Waals surface area contributed by atoms with Crippen molar-refractivity contribution in [2.75, 3.05) is 5.32 Å². The molecule has 0 atom stereocenters. The van der Waals surface area contributed by atoms with Gasteiger partial charge in [-0.2, -0.15) is 13.2 Å². The summed E-state index contributed by atoms with van der Waals surface area (Å²) in [6.45, 7) is 0.0694. The quantitative estimate of drug-likeness (QED) is 0.677.